The van der Waals surface area contributed by atoms with E-state index in [-0.39, 0.29) is 21.1 Å². The summed E-state index contributed by atoms with van der Waals surface area (Å²) >= 11 is 1.68. The second-order valence-corrected chi connectivity index (χ2v) is 10.7. The fourth-order valence-electron chi connectivity index (χ4n) is 5.39. The van der Waals surface area contributed by atoms with Crippen molar-refractivity contribution >= 4 is 43.4 Å². The van der Waals surface area contributed by atoms with E-state index in [1.807, 2.05) is 54.5 Å². The monoisotopic (exact) mass is 726 g/mol. The number of pyridine rings is 1. The average molecular weight is 727 g/mol. The third-order valence-electron chi connectivity index (χ3n) is 7.25. The molecule has 8 aromatic rings. The summed E-state index contributed by atoms with van der Waals surface area (Å²) in [6, 6.07) is 38.5. The smallest absolute Gasteiger partial charge is 0.346 e. The van der Waals surface area contributed by atoms with Crippen LogP contribution in [0.3, 0.4) is 0 Å². The zero-order chi connectivity index (χ0) is 26.6. The molecule has 0 saturated heterocycles. The van der Waals surface area contributed by atoms with Gasteiger partial charge in [-0.05, 0) is 46.5 Å². The molecule has 0 unspecified atom stereocenters. The molecule has 0 saturated carbocycles. The van der Waals surface area contributed by atoms with Crippen LogP contribution in [-0.4, -0.2) is 24.1 Å². The van der Waals surface area contributed by atoms with Crippen molar-refractivity contribution in [1.29, 1.82) is 0 Å². The summed E-state index contributed by atoms with van der Waals surface area (Å²) < 4.78 is 5.41. The van der Waals surface area contributed by atoms with Crippen molar-refractivity contribution in [1.82, 2.24) is 24.1 Å². The molecule has 0 aliphatic heterocycles. The van der Waals surface area contributed by atoms with E-state index in [1.165, 1.54) is 5.39 Å². The van der Waals surface area contributed by atoms with Crippen LogP contribution in [0.4, 0.5) is 0 Å². The van der Waals surface area contributed by atoms with E-state index in [4.69, 9.17) is 4.98 Å². The Morgan fingerprint density at radius 2 is 1.61 bits per heavy atom. The molecular weight excluding hydrogens is 706 g/mol. The Morgan fingerprint density at radius 1 is 0.732 bits per heavy atom. The molecule has 0 aliphatic rings. The Labute approximate surface area is 255 Å². The van der Waals surface area contributed by atoms with Gasteiger partial charge in [-0.2, -0.15) is 11.3 Å². The summed E-state index contributed by atoms with van der Waals surface area (Å²) in [5.41, 5.74) is 7.92. The summed E-state index contributed by atoms with van der Waals surface area (Å²) in [5, 5.41) is 3.26. The number of para-hydroxylation sites is 1. The second kappa shape index (κ2) is 10.2. The van der Waals surface area contributed by atoms with E-state index in [9.17, 15) is 0 Å². The molecule has 41 heavy (non-hydrogen) atoms. The van der Waals surface area contributed by atoms with Gasteiger partial charge in [0.2, 0.25) is 0 Å². The molecule has 4 aromatic heterocycles. The number of benzene rings is 4. The predicted octanol–water partition coefficient (Wildman–Crippen LogP) is 8.12. The molecule has 8 rings (SSSR count). The standard InChI is InChI=1S/C34H21N5S.Pt/c1-38-19-18-36-33(38)27-11-7-13-29-32(27)40-34(37-29)23-15-16-26-25-10-2-3-14-30(25)39(31(26)21-23)24-9-6-8-22(20-24)28-12-4-5-17-35-28;/h2-19H,1H3;/q-2;+2. The second-order valence-electron chi connectivity index (χ2n) is 9.69. The molecular formula is C34H21N5PtS. The van der Waals surface area contributed by atoms with Crippen LogP contribution in [0.5, 0.6) is 0 Å². The van der Waals surface area contributed by atoms with Crippen molar-refractivity contribution in [3.05, 3.63) is 122 Å². The van der Waals surface area contributed by atoms with Gasteiger partial charge in [-0.3, -0.25) is 4.98 Å². The van der Waals surface area contributed by atoms with Gasteiger partial charge in [0, 0.05) is 41.7 Å². The van der Waals surface area contributed by atoms with Gasteiger partial charge < -0.3 is 14.1 Å². The molecule has 4 aromatic carbocycles. The fraction of sp³-hybridized carbons (Fsp3) is 0.0294. The number of thiazole rings is 1. The van der Waals surface area contributed by atoms with E-state index in [0.29, 0.717) is 0 Å². The van der Waals surface area contributed by atoms with Gasteiger partial charge in [-0.25, -0.2) is 4.98 Å². The Kier molecular flexibility index (Phi) is 6.38. The summed E-state index contributed by atoms with van der Waals surface area (Å²) in [5.74, 6) is 0.934. The molecule has 0 aliphatic carbocycles. The summed E-state index contributed by atoms with van der Waals surface area (Å²) in [7, 11) is 2.02. The van der Waals surface area contributed by atoms with Crippen LogP contribution < -0.4 is 0 Å². The van der Waals surface area contributed by atoms with E-state index in [0.717, 1.165) is 65.5 Å². The van der Waals surface area contributed by atoms with Gasteiger partial charge in [0.1, 0.15) is 5.82 Å². The molecule has 0 amide bonds. The number of aromatic nitrogens is 5. The fourth-order valence-corrected chi connectivity index (χ4v) is 6.45. The van der Waals surface area contributed by atoms with Gasteiger partial charge in [0.05, 0.1) is 10.2 Å². The molecule has 4 heterocycles. The van der Waals surface area contributed by atoms with E-state index >= 15 is 0 Å². The van der Waals surface area contributed by atoms with Crippen molar-refractivity contribution in [3.63, 3.8) is 0 Å². The van der Waals surface area contributed by atoms with Crippen molar-refractivity contribution < 1.29 is 21.1 Å². The van der Waals surface area contributed by atoms with Gasteiger partial charge in [0.15, 0.2) is 0 Å². The number of nitrogens with zero attached hydrogens (tertiary/aromatic N) is 5. The molecule has 0 bridgehead atoms. The maximum Gasteiger partial charge on any atom is 2.00 e. The third kappa shape index (κ3) is 4.22. The minimum absolute atomic E-state index is 0. The van der Waals surface area contributed by atoms with Gasteiger partial charge >= 0.3 is 21.1 Å². The van der Waals surface area contributed by atoms with Crippen LogP contribution in [0.1, 0.15) is 0 Å². The molecule has 7 heteroatoms. The summed E-state index contributed by atoms with van der Waals surface area (Å²) in [4.78, 5) is 14.1. The van der Waals surface area contributed by atoms with Gasteiger partial charge in [-0.15, -0.1) is 53.6 Å². The van der Waals surface area contributed by atoms with E-state index in [1.54, 1.807) is 11.3 Å². The predicted molar refractivity (Wildman–Crippen MR) is 162 cm³/mol. The van der Waals surface area contributed by atoms with Crippen LogP contribution in [0, 0.1) is 12.1 Å². The molecule has 0 fully saturated rings. The molecule has 0 N–H and O–H groups in total. The van der Waals surface area contributed by atoms with Crippen molar-refractivity contribution in [2.45, 2.75) is 0 Å². The van der Waals surface area contributed by atoms with Crippen LogP contribution in [-0.2, 0) is 28.1 Å². The van der Waals surface area contributed by atoms with E-state index in [2.05, 4.69) is 93.4 Å². The minimum atomic E-state index is 0. The Bertz CT molecular complexity index is 2190. The minimum Gasteiger partial charge on any atom is -0.346 e. The first-order chi connectivity index (χ1) is 19.7. The molecule has 0 radical (unpaired) electrons. The van der Waals surface area contributed by atoms with Gasteiger partial charge in [0.25, 0.3) is 0 Å². The van der Waals surface area contributed by atoms with Crippen LogP contribution >= 0.6 is 11.3 Å². The number of fused-ring (bicyclic) bond motifs is 4. The first kappa shape index (κ1) is 25.6. The van der Waals surface area contributed by atoms with Crippen molar-refractivity contribution in [2.75, 3.05) is 0 Å². The summed E-state index contributed by atoms with van der Waals surface area (Å²) in [6.07, 6.45) is 5.61. The Balaban J connectivity index is 0.00000276. The number of aryl methyl sites for hydroxylation is 1. The third-order valence-corrected chi connectivity index (χ3v) is 8.39. The van der Waals surface area contributed by atoms with Crippen LogP contribution in [0.15, 0.2) is 110 Å². The normalized spacial score (nSPS) is 11.3. The number of imidazole rings is 1. The van der Waals surface area contributed by atoms with E-state index < -0.39 is 0 Å². The topological polar surface area (TPSA) is 48.5 Å². The Morgan fingerprint density at radius 3 is 2.46 bits per heavy atom. The maximum atomic E-state index is 5.02. The van der Waals surface area contributed by atoms with Crippen LogP contribution in [0.2, 0.25) is 0 Å². The van der Waals surface area contributed by atoms with Gasteiger partial charge in [-0.1, -0.05) is 41.8 Å². The zero-order valence-corrected chi connectivity index (χ0v) is 24.9. The quantitative estimate of drug-likeness (QED) is 0.172. The number of hydrogen-bond donors (Lipinski definition) is 0. The molecule has 198 valence electrons. The average Bonchev–Trinajstić information content (AvgIpc) is 3.72. The largest absolute Gasteiger partial charge is 2.00 e. The molecule has 0 spiro atoms. The van der Waals surface area contributed by atoms with Crippen molar-refractivity contribution in [2.24, 2.45) is 7.05 Å². The SMILES string of the molecule is Cn1ccnc1-c1cccc2nc(-c3[c-]c4c(cc3)c3ccccc3n4-c3[c-]c(-c4ccccn4)ccc3)sc12.[Pt+2]. The number of hydrogen-bond acceptors (Lipinski definition) is 4. The molecule has 0 atom stereocenters. The molecule has 5 nitrogen and oxygen atoms in total. The first-order valence-corrected chi connectivity index (χ1v) is 13.8. The summed E-state index contributed by atoms with van der Waals surface area (Å²) in [6.45, 7) is 0. The first-order valence-electron chi connectivity index (χ1n) is 13.0. The number of rotatable bonds is 4. The Hall–Kier alpha value is -4.38. The van der Waals surface area contributed by atoms with Crippen LogP contribution in [0.25, 0.3) is 70.9 Å². The van der Waals surface area contributed by atoms with Crippen molar-refractivity contribution in [3.8, 4) is 38.9 Å². The maximum absolute atomic E-state index is 5.02. The zero-order valence-electron chi connectivity index (χ0n) is 21.9.